The number of thioether (sulfide) groups is 1. The first-order chi connectivity index (χ1) is 13.3. The van der Waals surface area contributed by atoms with E-state index in [0.29, 0.717) is 39.5 Å². The highest BCUT2D eigenvalue weighted by molar-refractivity contribution is 7.98. The number of aromatic nitrogens is 2. The minimum Gasteiger partial charge on any atom is -0.493 e. The Hall–Kier alpha value is -2.74. The number of hydrogen-bond donors (Lipinski definition) is 0. The van der Waals surface area contributed by atoms with Gasteiger partial charge in [-0.1, -0.05) is 42.1 Å². The van der Waals surface area contributed by atoms with E-state index in [2.05, 4.69) is 9.97 Å². The van der Waals surface area contributed by atoms with Crippen LogP contribution >= 0.6 is 11.8 Å². The summed E-state index contributed by atoms with van der Waals surface area (Å²) in [6, 6.07) is 14.1. The minimum atomic E-state index is -4.36. The quantitative estimate of drug-likeness (QED) is 0.377. The van der Waals surface area contributed by atoms with Crippen molar-refractivity contribution in [2.45, 2.75) is 24.0 Å². The lowest BCUT2D eigenvalue weighted by Crippen LogP contribution is -2.05. The fraction of sp³-hybridized carbons (Fsp3) is 0.200. The molecule has 0 bridgehead atoms. The predicted octanol–water partition coefficient (Wildman–Crippen LogP) is 5.90. The third-order valence-electron chi connectivity index (χ3n) is 3.72. The molecule has 0 aliphatic heterocycles. The summed E-state index contributed by atoms with van der Waals surface area (Å²) in [5.74, 6) is 1.72. The molecule has 1 aromatic heterocycles. The molecule has 1 heterocycles. The fourth-order valence-corrected chi connectivity index (χ4v) is 3.27. The summed E-state index contributed by atoms with van der Waals surface area (Å²) >= 11 is 1.24. The van der Waals surface area contributed by atoms with Gasteiger partial charge in [0.05, 0.1) is 12.7 Å². The number of methoxy groups -OCH3 is 1. The average molecular weight is 406 g/mol. The Labute approximate surface area is 164 Å². The largest absolute Gasteiger partial charge is 0.493 e. The SMILES string of the molecule is COc1ccccc1Oc1cc(C)nc(SCc2cccc(C(F)(F)F)c2)n1. The molecule has 0 aliphatic carbocycles. The van der Waals surface area contributed by atoms with Gasteiger partial charge < -0.3 is 9.47 Å². The van der Waals surface area contributed by atoms with E-state index in [4.69, 9.17) is 9.47 Å². The van der Waals surface area contributed by atoms with E-state index >= 15 is 0 Å². The number of alkyl halides is 3. The van der Waals surface area contributed by atoms with E-state index in [1.165, 1.54) is 17.8 Å². The molecule has 146 valence electrons. The summed E-state index contributed by atoms with van der Waals surface area (Å²) in [5.41, 5.74) is 0.555. The molecule has 3 rings (SSSR count). The molecule has 3 aromatic rings. The van der Waals surface area contributed by atoms with Gasteiger partial charge in [-0.25, -0.2) is 4.98 Å². The van der Waals surface area contributed by atoms with Gasteiger partial charge >= 0.3 is 6.18 Å². The van der Waals surface area contributed by atoms with E-state index in [1.54, 1.807) is 38.3 Å². The topological polar surface area (TPSA) is 44.2 Å². The van der Waals surface area contributed by atoms with E-state index in [1.807, 2.05) is 12.1 Å². The van der Waals surface area contributed by atoms with Crippen molar-refractivity contribution in [2.75, 3.05) is 7.11 Å². The first-order valence-corrected chi connectivity index (χ1v) is 9.29. The molecule has 0 N–H and O–H groups in total. The first kappa shape index (κ1) is 20.0. The normalized spacial score (nSPS) is 11.3. The van der Waals surface area contributed by atoms with Crippen molar-refractivity contribution >= 4 is 11.8 Å². The maximum atomic E-state index is 12.8. The number of para-hydroxylation sites is 2. The summed E-state index contributed by atoms with van der Waals surface area (Å²) in [4.78, 5) is 8.67. The maximum absolute atomic E-state index is 12.8. The minimum absolute atomic E-state index is 0.307. The number of hydrogen-bond acceptors (Lipinski definition) is 5. The molecular formula is C20H17F3N2O2S. The summed E-state index contributed by atoms with van der Waals surface area (Å²) < 4.78 is 49.6. The molecule has 0 radical (unpaired) electrons. The van der Waals surface area contributed by atoms with Crippen molar-refractivity contribution in [1.82, 2.24) is 9.97 Å². The van der Waals surface area contributed by atoms with Gasteiger partial charge in [-0.3, -0.25) is 0 Å². The molecule has 4 nitrogen and oxygen atoms in total. The lowest BCUT2D eigenvalue weighted by Gasteiger charge is -2.11. The van der Waals surface area contributed by atoms with Crippen LogP contribution in [0, 0.1) is 6.92 Å². The van der Waals surface area contributed by atoms with Crippen LogP contribution < -0.4 is 9.47 Å². The zero-order chi connectivity index (χ0) is 20.1. The zero-order valence-corrected chi connectivity index (χ0v) is 16.0. The van der Waals surface area contributed by atoms with Crippen LogP contribution in [0.15, 0.2) is 59.8 Å². The van der Waals surface area contributed by atoms with Crippen molar-refractivity contribution < 1.29 is 22.6 Å². The average Bonchev–Trinajstić information content (AvgIpc) is 2.66. The Balaban J connectivity index is 1.75. The van der Waals surface area contributed by atoms with E-state index in [0.717, 1.165) is 12.1 Å². The number of halogens is 3. The van der Waals surface area contributed by atoms with Gasteiger partial charge in [0.1, 0.15) is 0 Å². The zero-order valence-electron chi connectivity index (χ0n) is 15.2. The van der Waals surface area contributed by atoms with Crippen molar-refractivity contribution in [3.05, 3.63) is 71.4 Å². The van der Waals surface area contributed by atoms with Crippen LogP contribution in [0.3, 0.4) is 0 Å². The lowest BCUT2D eigenvalue weighted by molar-refractivity contribution is -0.137. The van der Waals surface area contributed by atoms with Gasteiger partial charge in [-0.15, -0.1) is 0 Å². The van der Waals surface area contributed by atoms with Crippen molar-refractivity contribution in [1.29, 1.82) is 0 Å². The first-order valence-electron chi connectivity index (χ1n) is 8.30. The molecule has 0 fully saturated rings. The molecule has 0 atom stereocenters. The van der Waals surface area contributed by atoms with Crippen molar-refractivity contribution in [2.24, 2.45) is 0 Å². The Morgan fingerprint density at radius 2 is 1.71 bits per heavy atom. The molecule has 0 aliphatic rings. The van der Waals surface area contributed by atoms with Gasteiger partial charge in [-0.2, -0.15) is 18.2 Å². The number of aryl methyl sites for hydroxylation is 1. The standard InChI is InChI=1S/C20H17F3N2O2S/c1-13-10-18(27-17-9-4-3-8-16(17)26-2)25-19(24-13)28-12-14-6-5-7-15(11-14)20(21,22)23/h3-11H,12H2,1-2H3. The molecular weight excluding hydrogens is 389 g/mol. The summed E-state index contributed by atoms with van der Waals surface area (Å²) in [5, 5.41) is 0.419. The molecule has 0 amide bonds. The van der Waals surface area contributed by atoms with Gasteiger partial charge in [0, 0.05) is 17.5 Å². The molecule has 8 heteroatoms. The van der Waals surface area contributed by atoms with Crippen molar-refractivity contribution in [3.63, 3.8) is 0 Å². The van der Waals surface area contributed by atoms with Gasteiger partial charge in [0.25, 0.3) is 0 Å². The Kier molecular flexibility index (Phi) is 6.08. The smallest absolute Gasteiger partial charge is 0.416 e. The molecule has 0 saturated carbocycles. The molecule has 0 saturated heterocycles. The van der Waals surface area contributed by atoms with Gasteiger partial charge in [0.2, 0.25) is 5.88 Å². The molecule has 28 heavy (non-hydrogen) atoms. The maximum Gasteiger partial charge on any atom is 0.416 e. The fourth-order valence-electron chi connectivity index (χ4n) is 2.43. The van der Waals surface area contributed by atoms with Crippen LogP contribution in [0.1, 0.15) is 16.8 Å². The number of rotatable bonds is 6. The van der Waals surface area contributed by atoms with Crippen LogP contribution in [-0.4, -0.2) is 17.1 Å². The second-order valence-corrected chi connectivity index (χ2v) is 6.81. The summed E-state index contributed by atoms with van der Waals surface area (Å²) in [6.07, 6.45) is -4.36. The van der Waals surface area contributed by atoms with E-state index < -0.39 is 11.7 Å². The van der Waals surface area contributed by atoms with Crippen LogP contribution in [0.2, 0.25) is 0 Å². The van der Waals surface area contributed by atoms with E-state index in [-0.39, 0.29) is 0 Å². The van der Waals surface area contributed by atoms with Crippen LogP contribution in [0.25, 0.3) is 0 Å². The Morgan fingerprint density at radius 1 is 0.964 bits per heavy atom. The van der Waals surface area contributed by atoms with Crippen LogP contribution in [0.4, 0.5) is 13.2 Å². The summed E-state index contributed by atoms with van der Waals surface area (Å²) in [7, 11) is 1.55. The van der Waals surface area contributed by atoms with Gasteiger partial charge in [0.15, 0.2) is 16.7 Å². The summed E-state index contributed by atoms with van der Waals surface area (Å²) in [6.45, 7) is 1.80. The Bertz CT molecular complexity index is 964. The number of nitrogens with zero attached hydrogens (tertiary/aromatic N) is 2. The van der Waals surface area contributed by atoms with Crippen LogP contribution in [-0.2, 0) is 11.9 Å². The highest BCUT2D eigenvalue weighted by atomic mass is 32.2. The lowest BCUT2D eigenvalue weighted by atomic mass is 10.1. The number of benzene rings is 2. The van der Waals surface area contributed by atoms with Gasteiger partial charge in [-0.05, 0) is 30.7 Å². The van der Waals surface area contributed by atoms with E-state index in [9.17, 15) is 13.2 Å². The second kappa shape index (κ2) is 8.52. The third kappa shape index (κ3) is 5.16. The van der Waals surface area contributed by atoms with Crippen molar-refractivity contribution in [3.8, 4) is 17.4 Å². The highest BCUT2D eigenvalue weighted by Gasteiger charge is 2.30. The number of ether oxygens (including phenoxy) is 2. The third-order valence-corrected chi connectivity index (χ3v) is 4.63. The Morgan fingerprint density at radius 3 is 2.43 bits per heavy atom. The van der Waals surface area contributed by atoms with Crippen LogP contribution in [0.5, 0.6) is 17.4 Å². The highest BCUT2D eigenvalue weighted by Crippen LogP contribution is 2.33. The molecule has 2 aromatic carbocycles. The predicted molar refractivity (Wildman–Crippen MR) is 101 cm³/mol. The second-order valence-electron chi connectivity index (χ2n) is 5.87. The molecule has 0 unspecified atom stereocenters. The molecule has 0 spiro atoms. The monoisotopic (exact) mass is 406 g/mol.